The number of piperidine rings is 1. The fraction of sp³-hybridized carbons (Fsp3) is 0.773. The molecule has 0 aromatic heterocycles. The van der Waals surface area contributed by atoms with E-state index >= 15 is 0 Å². The molecular formula is C44H69NO12. The number of ketones is 2. The summed E-state index contributed by atoms with van der Waals surface area (Å²) in [6.45, 7) is 13.1. The number of hydrogen-bond acceptors (Lipinski definition) is 12. The molecule has 1 amide bonds. The van der Waals surface area contributed by atoms with Crippen molar-refractivity contribution in [3.8, 4) is 0 Å². The minimum atomic E-state index is -2.51. The van der Waals surface area contributed by atoms with E-state index in [1.54, 1.807) is 27.0 Å². The van der Waals surface area contributed by atoms with Crippen LogP contribution in [0.1, 0.15) is 105 Å². The second-order valence-corrected chi connectivity index (χ2v) is 17.3. The van der Waals surface area contributed by atoms with Crippen LogP contribution in [0.5, 0.6) is 0 Å². The monoisotopic (exact) mass is 803 g/mol. The molecule has 3 fully saturated rings. The normalized spacial score (nSPS) is 40.1. The van der Waals surface area contributed by atoms with E-state index in [1.807, 2.05) is 32.9 Å². The Balaban J connectivity index is 1.78. The van der Waals surface area contributed by atoms with Gasteiger partial charge in [-0.25, -0.2) is 4.79 Å². The Hall–Kier alpha value is -2.78. The van der Waals surface area contributed by atoms with Crippen molar-refractivity contribution in [1.29, 1.82) is 0 Å². The first-order chi connectivity index (χ1) is 27.0. The number of fused-ring (bicyclic) bond motifs is 3. The van der Waals surface area contributed by atoms with Gasteiger partial charge in [-0.05, 0) is 95.5 Å². The van der Waals surface area contributed by atoms with E-state index in [9.17, 15) is 34.5 Å². The topological polar surface area (TPSA) is 178 Å². The zero-order valence-corrected chi connectivity index (χ0v) is 35.4. The SMILES string of the molecule is C=CCC1C=C(C)CC(C)CC(OC)[C@@H]2O[C@@](O)(C(=O)C(=O)N3CCCC[C@@H]3C(=O)OC(C(C)=CC3CCC(O)C(OC)C3)C(C)C(O)CC1=O)C(C)CC2OC. The smallest absolute Gasteiger partial charge is 0.329 e. The first-order valence-corrected chi connectivity index (χ1v) is 20.9. The number of nitrogens with zero attached hydrogens (tertiary/aromatic N) is 1. The van der Waals surface area contributed by atoms with Crippen molar-refractivity contribution in [2.75, 3.05) is 27.9 Å². The second kappa shape index (κ2) is 21.0. The van der Waals surface area contributed by atoms with Gasteiger partial charge in [0.05, 0.1) is 30.5 Å². The average Bonchev–Trinajstić information content (AvgIpc) is 3.18. The first-order valence-electron chi connectivity index (χ1n) is 20.9. The molecular weight excluding hydrogens is 734 g/mol. The Morgan fingerprint density at radius 1 is 0.930 bits per heavy atom. The van der Waals surface area contributed by atoms with Crippen molar-refractivity contribution in [3.63, 3.8) is 0 Å². The lowest BCUT2D eigenvalue weighted by atomic mass is 9.81. The summed E-state index contributed by atoms with van der Waals surface area (Å²) >= 11 is 0. The van der Waals surface area contributed by atoms with Crippen molar-refractivity contribution in [2.45, 2.75) is 160 Å². The van der Waals surface area contributed by atoms with Gasteiger partial charge >= 0.3 is 5.97 Å². The molecule has 0 aromatic rings. The van der Waals surface area contributed by atoms with E-state index in [1.165, 1.54) is 19.1 Å². The van der Waals surface area contributed by atoms with Crippen molar-refractivity contribution in [2.24, 2.45) is 29.6 Å². The highest BCUT2D eigenvalue weighted by molar-refractivity contribution is 6.39. The van der Waals surface area contributed by atoms with Crippen molar-refractivity contribution < 1.29 is 58.2 Å². The first kappa shape index (κ1) is 46.9. The molecule has 3 aliphatic heterocycles. The number of amides is 1. The van der Waals surface area contributed by atoms with Gasteiger partial charge in [-0.3, -0.25) is 14.4 Å². The molecule has 2 bridgehead atoms. The van der Waals surface area contributed by atoms with E-state index in [4.69, 9.17) is 23.7 Å². The molecule has 13 nitrogen and oxygen atoms in total. The summed E-state index contributed by atoms with van der Waals surface area (Å²) in [4.78, 5) is 57.8. The molecule has 1 saturated carbocycles. The number of methoxy groups -OCH3 is 3. The Morgan fingerprint density at radius 2 is 1.60 bits per heavy atom. The Labute approximate surface area is 339 Å². The van der Waals surface area contributed by atoms with Gasteiger partial charge in [0.2, 0.25) is 5.79 Å². The van der Waals surface area contributed by atoms with E-state index in [0.717, 1.165) is 5.57 Å². The maximum atomic E-state index is 14.3. The molecule has 11 unspecified atom stereocenters. The molecule has 14 atom stereocenters. The molecule has 57 heavy (non-hydrogen) atoms. The minimum absolute atomic E-state index is 0.00988. The van der Waals surface area contributed by atoms with Gasteiger partial charge in [-0.2, -0.15) is 0 Å². The maximum Gasteiger partial charge on any atom is 0.329 e. The van der Waals surface area contributed by atoms with Gasteiger partial charge in [0.25, 0.3) is 11.7 Å². The molecule has 4 rings (SSSR count). The summed E-state index contributed by atoms with van der Waals surface area (Å²) < 4.78 is 29.7. The number of ether oxygens (including phenoxy) is 5. The number of aliphatic hydroxyl groups is 3. The zero-order valence-electron chi connectivity index (χ0n) is 35.4. The summed E-state index contributed by atoms with van der Waals surface area (Å²) in [5.74, 6) is -7.76. The highest BCUT2D eigenvalue weighted by Crippen LogP contribution is 2.39. The molecule has 1 aliphatic carbocycles. The number of aliphatic hydroxyl groups excluding tert-OH is 2. The molecule has 13 heteroatoms. The van der Waals surface area contributed by atoms with Crippen LogP contribution in [-0.2, 0) is 42.9 Å². The van der Waals surface area contributed by atoms with Crippen molar-refractivity contribution in [3.05, 3.63) is 36.0 Å². The molecule has 4 aliphatic rings. The number of carbonyl (C=O) groups excluding carboxylic acids is 4. The fourth-order valence-electron chi connectivity index (χ4n) is 9.42. The van der Waals surface area contributed by atoms with Crippen LogP contribution >= 0.6 is 0 Å². The summed E-state index contributed by atoms with van der Waals surface area (Å²) in [6.07, 6.45) is 4.93. The zero-order chi connectivity index (χ0) is 42.2. The van der Waals surface area contributed by atoms with Crippen molar-refractivity contribution >= 4 is 23.4 Å². The van der Waals surface area contributed by atoms with Crippen LogP contribution < -0.4 is 0 Å². The standard InChI is InChI=1S/C44H69NO12/c1-10-13-31-19-25(2)18-26(3)20-37(54-8)40-38(55-9)22-28(5)44(52,57-40)41(49)42(50)45-17-12-11-14-32(45)43(51)56-39(29(6)34(47)24-35(31)48)27(4)21-30-15-16-33(46)36(23-30)53-7/h10,19,21,26,28-34,36-40,46-47,52H,1,11-18,20,22-24H2,2-9H3/t26?,28?,29?,30?,31?,32-,33?,34?,36?,37?,38?,39?,40+,44-/m1/s1. The third kappa shape index (κ3) is 11.3. The van der Waals surface area contributed by atoms with Crippen LogP contribution in [-0.4, -0.2) is 126 Å². The van der Waals surface area contributed by atoms with E-state index in [-0.39, 0.29) is 49.5 Å². The van der Waals surface area contributed by atoms with E-state index < -0.39 is 83.9 Å². The molecule has 3 heterocycles. The van der Waals surface area contributed by atoms with Crippen LogP contribution in [0.15, 0.2) is 36.0 Å². The molecule has 0 aromatic carbocycles. The van der Waals surface area contributed by atoms with E-state index in [0.29, 0.717) is 56.9 Å². The minimum Gasteiger partial charge on any atom is -0.456 e. The van der Waals surface area contributed by atoms with Crippen LogP contribution in [0.3, 0.4) is 0 Å². The molecule has 2 saturated heterocycles. The Kier molecular flexibility index (Phi) is 17.2. The average molecular weight is 804 g/mol. The van der Waals surface area contributed by atoms with Gasteiger partial charge in [-0.15, -0.1) is 6.58 Å². The second-order valence-electron chi connectivity index (χ2n) is 17.3. The lowest BCUT2D eigenvalue weighted by molar-refractivity contribution is -0.302. The van der Waals surface area contributed by atoms with Crippen molar-refractivity contribution in [1.82, 2.24) is 4.90 Å². The lowest BCUT2D eigenvalue weighted by Crippen LogP contribution is -2.64. The van der Waals surface area contributed by atoms with Crippen LogP contribution in [0.2, 0.25) is 0 Å². The number of esters is 1. The third-order valence-corrected chi connectivity index (χ3v) is 12.9. The predicted molar refractivity (Wildman–Crippen MR) is 213 cm³/mol. The van der Waals surface area contributed by atoms with Crippen LogP contribution in [0.4, 0.5) is 0 Å². The van der Waals surface area contributed by atoms with Gasteiger partial charge in [0.15, 0.2) is 0 Å². The lowest BCUT2D eigenvalue weighted by Gasteiger charge is -2.47. The van der Waals surface area contributed by atoms with Crippen LogP contribution in [0.25, 0.3) is 0 Å². The number of cyclic esters (lactones) is 1. The largest absolute Gasteiger partial charge is 0.456 e. The number of Topliss-reactive ketones (excluding diaryl/α,β-unsaturated/α-hetero) is 2. The molecule has 3 N–H and O–H groups in total. The van der Waals surface area contributed by atoms with Gasteiger partial charge in [-0.1, -0.05) is 44.6 Å². The summed E-state index contributed by atoms with van der Waals surface area (Å²) in [7, 11) is 4.61. The summed E-state index contributed by atoms with van der Waals surface area (Å²) in [6, 6.07) is -1.14. The number of allylic oxidation sites excluding steroid dienone is 4. The fourth-order valence-corrected chi connectivity index (χ4v) is 9.42. The third-order valence-electron chi connectivity index (χ3n) is 12.9. The summed E-state index contributed by atoms with van der Waals surface area (Å²) in [5.41, 5.74) is 1.61. The van der Waals surface area contributed by atoms with Gasteiger partial charge in [0.1, 0.15) is 24.0 Å². The number of rotatable bonds is 7. The van der Waals surface area contributed by atoms with E-state index in [2.05, 4.69) is 6.58 Å². The van der Waals surface area contributed by atoms with Crippen LogP contribution in [0, 0.1) is 29.6 Å². The molecule has 322 valence electrons. The summed E-state index contributed by atoms with van der Waals surface area (Å²) in [5, 5.41) is 34.1. The number of hydrogen-bond donors (Lipinski definition) is 3. The highest BCUT2D eigenvalue weighted by atomic mass is 16.7. The number of carbonyl (C=O) groups is 4. The highest BCUT2D eigenvalue weighted by Gasteiger charge is 2.56. The Bertz CT molecular complexity index is 1480. The Morgan fingerprint density at radius 3 is 2.25 bits per heavy atom. The molecule has 0 radical (unpaired) electrons. The quantitative estimate of drug-likeness (QED) is 0.185. The predicted octanol–water partition coefficient (Wildman–Crippen LogP) is 4.64. The van der Waals surface area contributed by atoms with Gasteiger partial charge < -0.3 is 43.9 Å². The van der Waals surface area contributed by atoms with Gasteiger partial charge in [0, 0.05) is 52.0 Å². The molecule has 0 spiro atoms. The maximum absolute atomic E-state index is 14.3.